The molecule has 1 aliphatic heterocycles. The number of urea groups is 1. The van der Waals surface area contributed by atoms with Crippen LogP contribution < -0.4 is 14.8 Å². The lowest BCUT2D eigenvalue weighted by atomic mass is 9.79. The molecular formula is C20H22FN5O3. The summed E-state index contributed by atoms with van der Waals surface area (Å²) in [6.07, 6.45) is 0.0296. The van der Waals surface area contributed by atoms with E-state index in [1.807, 2.05) is 6.92 Å². The maximum atomic E-state index is 15.0. The van der Waals surface area contributed by atoms with Gasteiger partial charge in [0.2, 0.25) is 11.8 Å². The molecule has 0 fully saturated rings. The van der Waals surface area contributed by atoms with Crippen LogP contribution in [0.1, 0.15) is 30.8 Å². The molecule has 1 aromatic heterocycles. The summed E-state index contributed by atoms with van der Waals surface area (Å²) in [4.78, 5) is 22.2. The molecule has 1 aliphatic rings. The van der Waals surface area contributed by atoms with Crippen LogP contribution in [0.3, 0.4) is 0 Å². The van der Waals surface area contributed by atoms with Gasteiger partial charge >= 0.3 is 6.03 Å². The SMILES string of the molecule is CCN1Cc2cc(F)c(C(C)(C#N)Cc3nc(OC)cc(OC)n3)cc2NC1=O. The fourth-order valence-electron chi connectivity index (χ4n) is 3.26. The van der Waals surface area contributed by atoms with E-state index in [4.69, 9.17) is 9.47 Å². The lowest BCUT2D eigenvalue weighted by molar-refractivity contribution is 0.209. The number of methoxy groups -OCH3 is 2. The molecule has 1 aromatic carbocycles. The zero-order chi connectivity index (χ0) is 21.2. The summed E-state index contributed by atoms with van der Waals surface area (Å²) in [6.45, 7) is 4.29. The Kier molecular flexibility index (Phi) is 5.55. The van der Waals surface area contributed by atoms with Crippen LogP contribution in [-0.4, -0.2) is 41.7 Å². The number of hydrogen-bond acceptors (Lipinski definition) is 6. The third-order valence-corrected chi connectivity index (χ3v) is 4.96. The van der Waals surface area contributed by atoms with Crippen molar-refractivity contribution in [2.45, 2.75) is 32.2 Å². The van der Waals surface area contributed by atoms with E-state index in [1.165, 1.54) is 32.4 Å². The van der Waals surface area contributed by atoms with Gasteiger partial charge in [0.1, 0.15) is 11.6 Å². The van der Waals surface area contributed by atoms with Gasteiger partial charge in [-0.25, -0.2) is 9.18 Å². The number of carbonyl (C=O) groups is 1. The summed E-state index contributed by atoms with van der Waals surface area (Å²) < 4.78 is 25.3. The van der Waals surface area contributed by atoms with Crippen LogP contribution in [0.5, 0.6) is 11.8 Å². The predicted molar refractivity (Wildman–Crippen MR) is 103 cm³/mol. The lowest BCUT2D eigenvalue weighted by Crippen LogP contribution is -2.38. The summed E-state index contributed by atoms with van der Waals surface area (Å²) in [5, 5.41) is 12.6. The average molecular weight is 399 g/mol. The van der Waals surface area contributed by atoms with Gasteiger partial charge in [-0.15, -0.1) is 0 Å². The molecule has 152 valence electrons. The molecule has 29 heavy (non-hydrogen) atoms. The molecule has 0 saturated heterocycles. The van der Waals surface area contributed by atoms with Crippen LogP contribution in [0.4, 0.5) is 14.9 Å². The maximum Gasteiger partial charge on any atom is 0.322 e. The van der Waals surface area contributed by atoms with Gasteiger partial charge in [0.05, 0.1) is 31.8 Å². The predicted octanol–water partition coefficient (Wildman–Crippen LogP) is 3.02. The minimum absolute atomic E-state index is 0.0296. The summed E-state index contributed by atoms with van der Waals surface area (Å²) in [6, 6.07) is 6.33. The van der Waals surface area contributed by atoms with Crippen LogP contribution in [0.2, 0.25) is 0 Å². The Morgan fingerprint density at radius 2 is 1.93 bits per heavy atom. The number of rotatable bonds is 6. The van der Waals surface area contributed by atoms with Crippen molar-refractivity contribution in [2.24, 2.45) is 0 Å². The van der Waals surface area contributed by atoms with E-state index >= 15 is 4.39 Å². The first kappa shape index (κ1) is 20.3. The topological polar surface area (TPSA) is 100 Å². The number of aromatic nitrogens is 2. The second-order valence-corrected chi connectivity index (χ2v) is 6.92. The zero-order valence-electron chi connectivity index (χ0n) is 16.7. The second kappa shape index (κ2) is 7.91. The number of nitrogens with one attached hydrogen (secondary N) is 1. The molecule has 2 amide bonds. The standard InChI is InChI=1S/C20H22FN5O3/c1-5-26-10-12-6-14(21)13(7-15(12)23-19(26)27)20(2,11-22)9-16-24-17(28-3)8-18(25-16)29-4/h6-8H,5,9-10H2,1-4H3,(H,23,27). The number of ether oxygens (including phenoxy) is 2. The van der Waals surface area contributed by atoms with Gasteiger partial charge in [0.15, 0.2) is 0 Å². The number of nitriles is 1. The Hall–Kier alpha value is -3.41. The van der Waals surface area contributed by atoms with Crippen LogP contribution >= 0.6 is 0 Å². The number of hydrogen-bond donors (Lipinski definition) is 1. The average Bonchev–Trinajstić information content (AvgIpc) is 2.72. The van der Waals surface area contributed by atoms with Crippen molar-refractivity contribution < 1.29 is 18.7 Å². The Balaban J connectivity index is 2.01. The van der Waals surface area contributed by atoms with E-state index in [0.717, 1.165) is 0 Å². The van der Waals surface area contributed by atoms with Gasteiger partial charge < -0.3 is 19.7 Å². The Morgan fingerprint density at radius 3 is 2.48 bits per heavy atom. The molecule has 9 heteroatoms. The highest BCUT2D eigenvalue weighted by Gasteiger charge is 2.34. The molecule has 0 bridgehead atoms. The molecule has 8 nitrogen and oxygen atoms in total. The van der Waals surface area contributed by atoms with E-state index < -0.39 is 11.2 Å². The monoisotopic (exact) mass is 399 g/mol. The first-order chi connectivity index (χ1) is 13.8. The molecule has 0 spiro atoms. The van der Waals surface area contributed by atoms with Crippen molar-refractivity contribution in [3.05, 3.63) is 41.0 Å². The third-order valence-electron chi connectivity index (χ3n) is 4.96. The summed E-state index contributed by atoms with van der Waals surface area (Å²) in [5.41, 5.74) is 0.0479. The Bertz CT molecular complexity index is 969. The molecule has 1 atom stereocenters. The molecule has 0 saturated carbocycles. The minimum atomic E-state index is -1.27. The molecule has 0 radical (unpaired) electrons. The van der Waals surface area contributed by atoms with E-state index in [0.29, 0.717) is 24.3 Å². The number of amides is 2. The number of halogens is 1. The normalized spacial score (nSPS) is 15.0. The van der Waals surface area contributed by atoms with Gasteiger partial charge in [-0.05, 0) is 31.5 Å². The second-order valence-electron chi connectivity index (χ2n) is 6.92. The van der Waals surface area contributed by atoms with Crippen LogP contribution in [0.25, 0.3) is 0 Å². The molecule has 2 aromatic rings. The van der Waals surface area contributed by atoms with Crippen LogP contribution in [0, 0.1) is 17.1 Å². The van der Waals surface area contributed by atoms with Gasteiger partial charge in [0, 0.05) is 30.8 Å². The molecule has 3 rings (SSSR count). The fraction of sp³-hybridized carbons (Fsp3) is 0.400. The third kappa shape index (κ3) is 3.92. The van der Waals surface area contributed by atoms with Crippen molar-refractivity contribution in [1.29, 1.82) is 5.26 Å². The number of benzene rings is 1. The molecule has 1 N–H and O–H groups in total. The molecule has 0 aliphatic carbocycles. The van der Waals surface area contributed by atoms with Crippen LogP contribution in [-0.2, 0) is 18.4 Å². The molecule has 1 unspecified atom stereocenters. The van der Waals surface area contributed by atoms with Crippen molar-refractivity contribution in [3.63, 3.8) is 0 Å². The van der Waals surface area contributed by atoms with Crippen molar-refractivity contribution in [3.8, 4) is 17.8 Å². The molecule has 2 heterocycles. The van der Waals surface area contributed by atoms with Gasteiger partial charge in [0.25, 0.3) is 0 Å². The van der Waals surface area contributed by atoms with Gasteiger partial charge in [-0.1, -0.05) is 0 Å². The number of carbonyl (C=O) groups excluding carboxylic acids is 1. The highest BCUT2D eigenvalue weighted by atomic mass is 19.1. The van der Waals surface area contributed by atoms with E-state index in [9.17, 15) is 10.1 Å². The first-order valence-electron chi connectivity index (χ1n) is 9.09. The Labute approximate surface area is 168 Å². The zero-order valence-corrected chi connectivity index (χ0v) is 16.7. The van der Waals surface area contributed by atoms with E-state index in [1.54, 1.807) is 11.8 Å². The van der Waals surface area contributed by atoms with Crippen molar-refractivity contribution in [1.82, 2.24) is 14.9 Å². The summed E-state index contributed by atoms with van der Waals surface area (Å²) in [7, 11) is 2.92. The van der Waals surface area contributed by atoms with Gasteiger partial charge in [-0.3, -0.25) is 0 Å². The maximum absolute atomic E-state index is 15.0. The Morgan fingerprint density at radius 1 is 1.28 bits per heavy atom. The summed E-state index contributed by atoms with van der Waals surface area (Å²) in [5.74, 6) is 0.327. The van der Waals surface area contributed by atoms with E-state index in [2.05, 4.69) is 21.4 Å². The fourth-order valence-corrected chi connectivity index (χ4v) is 3.26. The minimum Gasteiger partial charge on any atom is -0.481 e. The highest BCUT2D eigenvalue weighted by molar-refractivity contribution is 5.92. The smallest absolute Gasteiger partial charge is 0.322 e. The lowest BCUT2D eigenvalue weighted by Gasteiger charge is -2.30. The highest BCUT2D eigenvalue weighted by Crippen LogP contribution is 2.35. The van der Waals surface area contributed by atoms with Crippen molar-refractivity contribution in [2.75, 3.05) is 26.1 Å². The van der Waals surface area contributed by atoms with Crippen molar-refractivity contribution >= 4 is 11.7 Å². The quantitative estimate of drug-likeness (QED) is 0.801. The van der Waals surface area contributed by atoms with Gasteiger partial charge in [-0.2, -0.15) is 15.2 Å². The number of nitrogens with zero attached hydrogens (tertiary/aromatic N) is 4. The summed E-state index contributed by atoms with van der Waals surface area (Å²) >= 11 is 0. The molecular weight excluding hydrogens is 377 g/mol. The van der Waals surface area contributed by atoms with E-state index in [-0.39, 0.29) is 35.6 Å². The number of anilines is 1. The van der Waals surface area contributed by atoms with Crippen LogP contribution in [0.15, 0.2) is 18.2 Å². The number of fused-ring (bicyclic) bond motifs is 1. The first-order valence-corrected chi connectivity index (χ1v) is 9.09. The largest absolute Gasteiger partial charge is 0.481 e.